The van der Waals surface area contributed by atoms with Gasteiger partial charge in [0.05, 0.1) is 19.6 Å². The maximum Gasteiger partial charge on any atom is 0.317 e. The van der Waals surface area contributed by atoms with Gasteiger partial charge in [0.25, 0.3) is 0 Å². The Morgan fingerprint density at radius 1 is 0.400 bits per heavy atom. The first kappa shape index (κ1) is 53.4. The van der Waals surface area contributed by atoms with E-state index in [4.69, 9.17) is 15.3 Å². The molecule has 298 valence electrons. The Morgan fingerprint density at radius 2 is 0.640 bits per heavy atom. The van der Waals surface area contributed by atoms with Crippen molar-refractivity contribution in [3.05, 3.63) is 0 Å². The van der Waals surface area contributed by atoms with Crippen molar-refractivity contribution in [2.75, 3.05) is 158 Å². The van der Waals surface area contributed by atoms with E-state index in [2.05, 4.69) is 36.4 Å². The van der Waals surface area contributed by atoms with Gasteiger partial charge in [-0.3, -0.25) is 29.1 Å². The molecule has 5 N–H and O–H groups in total. The zero-order valence-electron chi connectivity index (χ0n) is 29.0. The van der Waals surface area contributed by atoms with E-state index in [0.717, 1.165) is 150 Å². The van der Waals surface area contributed by atoms with Crippen LogP contribution in [0.2, 0.25) is 0 Å². The summed E-state index contributed by atoms with van der Waals surface area (Å²) in [5.41, 5.74) is 0. The maximum absolute atomic E-state index is 11.0. The number of aliphatic carboxylic acids is 3. The number of carboxylic acid groups (broad SMARTS) is 3. The monoisotopic (exact) mass is 800 g/mol. The second kappa shape index (κ2) is 30.5. The predicted octanol–water partition coefficient (Wildman–Crippen LogP) is -0.670. The summed E-state index contributed by atoms with van der Waals surface area (Å²) in [7, 11) is 2.21. The van der Waals surface area contributed by atoms with Crippen molar-refractivity contribution in [3.8, 4) is 0 Å². The zero-order valence-corrected chi connectivity index (χ0v) is 31.4. The van der Waals surface area contributed by atoms with E-state index in [1.165, 1.54) is 6.42 Å². The maximum atomic E-state index is 11.0. The minimum atomic E-state index is -0.763. The Kier molecular flexibility index (Phi) is 32.6. The summed E-state index contributed by atoms with van der Waals surface area (Å²) in [6, 6.07) is 0. The van der Waals surface area contributed by atoms with Gasteiger partial charge in [-0.25, -0.2) is 0 Å². The molecule has 17 heteroatoms. The minimum absolute atomic E-state index is 0. The summed E-state index contributed by atoms with van der Waals surface area (Å²) in [6.07, 6.45) is 4.17. The van der Waals surface area contributed by atoms with Crippen LogP contribution in [-0.2, 0) is 48.5 Å². The van der Waals surface area contributed by atoms with Crippen molar-refractivity contribution in [1.82, 2.24) is 39.2 Å². The smallest absolute Gasteiger partial charge is 0.317 e. The number of carboxylic acids is 3. The molecule has 0 aromatic rings. The average molecular weight is 801 g/mol. The molecule has 0 aromatic heterocycles. The second-order valence-corrected chi connectivity index (χ2v) is 13.1. The van der Waals surface area contributed by atoms with Crippen molar-refractivity contribution in [2.45, 2.75) is 40.5 Å². The number of carbonyl (C=O) groups is 3. The molecule has 4 fully saturated rings. The standard InChI is InChI=1S/C16H30N4O4.C15H30N4O2.2CH4.2Mn.H2O/c21-15(22)13-19-5-1-3-17-7-8-18(10-11-19)4-2-6-20(12-9-17)14-16(23)24;1-16-4-2-5-18-11-10-17(9-8-16)6-3-7-19(13-12-18)14-15(20)21;;;;;/h1-14H2,(H,21,22)(H,23,24);2-14H2,1H3,(H,20,21);2*1H4;;;1H2. The molecule has 0 aliphatic carbocycles. The summed E-state index contributed by atoms with van der Waals surface area (Å²) < 4.78 is 0. The predicted molar refractivity (Wildman–Crippen MR) is 191 cm³/mol. The van der Waals surface area contributed by atoms with Crippen LogP contribution in [0.4, 0.5) is 0 Å². The van der Waals surface area contributed by atoms with Crippen molar-refractivity contribution < 1.29 is 69.3 Å². The number of hydrogen-bond acceptors (Lipinski definition) is 11. The summed E-state index contributed by atoms with van der Waals surface area (Å²) in [5.74, 6) is -2.24. The van der Waals surface area contributed by atoms with Crippen LogP contribution >= 0.6 is 0 Å². The van der Waals surface area contributed by atoms with Gasteiger partial charge in [0, 0.05) is 132 Å². The van der Waals surface area contributed by atoms with Crippen molar-refractivity contribution in [1.29, 1.82) is 0 Å². The largest absolute Gasteiger partial charge is 0.480 e. The fourth-order valence-corrected chi connectivity index (χ4v) is 6.68. The molecule has 4 aliphatic heterocycles. The number of fused-ring (bicyclic) bond motifs is 6. The topological polar surface area (TPSA) is 169 Å². The SMILES string of the molecule is C.C.CN1CCCN2CCN(CCCN(CC(=O)O)CC2)CC1.O.O=C(O)CN1CCCN2CCN(CCCN(CC(=O)O)CC2)CC1.[Mn].[Mn]. The van der Waals surface area contributed by atoms with Gasteiger partial charge in [0.2, 0.25) is 0 Å². The fourth-order valence-electron chi connectivity index (χ4n) is 6.68. The third-order valence-corrected chi connectivity index (χ3v) is 9.40. The average Bonchev–Trinajstić information content (AvgIpc) is 2.98. The van der Waals surface area contributed by atoms with Gasteiger partial charge in [-0.2, -0.15) is 0 Å². The minimum Gasteiger partial charge on any atom is -0.480 e. The molecular weight excluding hydrogens is 730 g/mol. The Hall–Kier alpha value is -0.911. The number of nitrogens with zero attached hydrogens (tertiary/aromatic N) is 8. The number of likely N-dealkylation sites (N-methyl/N-ethyl adjacent to an activating group) is 1. The van der Waals surface area contributed by atoms with E-state index in [9.17, 15) is 14.4 Å². The molecule has 4 aliphatic rings. The van der Waals surface area contributed by atoms with Gasteiger partial charge in [0.1, 0.15) is 0 Å². The molecule has 4 saturated heterocycles. The Morgan fingerprint density at radius 3 is 0.920 bits per heavy atom. The van der Waals surface area contributed by atoms with Crippen LogP contribution in [0.1, 0.15) is 40.5 Å². The van der Waals surface area contributed by atoms with Gasteiger partial charge >= 0.3 is 17.9 Å². The first-order valence-corrected chi connectivity index (χ1v) is 17.1. The number of rotatable bonds is 6. The van der Waals surface area contributed by atoms with Crippen LogP contribution in [-0.4, -0.2) is 235 Å². The van der Waals surface area contributed by atoms with E-state index >= 15 is 0 Å². The molecule has 4 heterocycles. The van der Waals surface area contributed by atoms with Crippen molar-refractivity contribution >= 4 is 17.9 Å². The fraction of sp³-hybridized carbons (Fsp3) is 0.909. The molecule has 50 heavy (non-hydrogen) atoms. The van der Waals surface area contributed by atoms with Gasteiger partial charge in [-0.15, -0.1) is 0 Å². The van der Waals surface area contributed by atoms with Crippen LogP contribution in [0.25, 0.3) is 0 Å². The Labute approximate surface area is 323 Å². The summed E-state index contributed by atoms with van der Waals surface area (Å²) >= 11 is 0. The molecule has 0 spiro atoms. The Balaban J connectivity index is -0.000000808. The molecule has 4 atom stereocenters. The molecular formula is C33H70Mn2N8O7. The van der Waals surface area contributed by atoms with Gasteiger partial charge < -0.3 is 45.3 Å². The third kappa shape index (κ3) is 23.6. The summed E-state index contributed by atoms with van der Waals surface area (Å²) in [4.78, 5) is 51.4. The van der Waals surface area contributed by atoms with Gasteiger partial charge in [-0.1, -0.05) is 14.9 Å². The molecule has 4 rings (SSSR count). The van der Waals surface area contributed by atoms with E-state index < -0.39 is 17.9 Å². The molecule has 4 unspecified atom stereocenters. The van der Waals surface area contributed by atoms with Crippen LogP contribution in [0, 0.1) is 0 Å². The van der Waals surface area contributed by atoms with E-state index in [-0.39, 0.29) is 74.1 Å². The van der Waals surface area contributed by atoms with E-state index in [1.54, 1.807) is 0 Å². The van der Waals surface area contributed by atoms with E-state index in [0.29, 0.717) is 0 Å². The van der Waals surface area contributed by atoms with Crippen LogP contribution < -0.4 is 0 Å². The molecule has 0 saturated carbocycles. The summed E-state index contributed by atoms with van der Waals surface area (Å²) in [5, 5.41) is 27.1. The van der Waals surface area contributed by atoms with Crippen LogP contribution in [0.15, 0.2) is 0 Å². The molecule has 2 radical (unpaired) electrons. The zero-order chi connectivity index (χ0) is 32.4. The first-order valence-electron chi connectivity index (χ1n) is 17.1. The quantitative estimate of drug-likeness (QED) is 0.290. The van der Waals surface area contributed by atoms with Crippen molar-refractivity contribution in [3.63, 3.8) is 0 Å². The van der Waals surface area contributed by atoms with Crippen LogP contribution in [0.5, 0.6) is 0 Å². The molecule has 0 amide bonds. The molecule has 0 aromatic carbocycles. The summed E-state index contributed by atoms with van der Waals surface area (Å²) in [6.45, 7) is 19.8. The third-order valence-electron chi connectivity index (χ3n) is 9.40. The van der Waals surface area contributed by atoms with Crippen molar-refractivity contribution in [2.24, 2.45) is 0 Å². The van der Waals surface area contributed by atoms with Gasteiger partial charge in [-0.05, 0) is 65.5 Å². The normalized spacial score (nSPS) is 26.6. The second-order valence-electron chi connectivity index (χ2n) is 13.1. The van der Waals surface area contributed by atoms with Gasteiger partial charge in [0.15, 0.2) is 0 Å². The van der Waals surface area contributed by atoms with Crippen LogP contribution in [0.3, 0.4) is 0 Å². The molecule has 4 bridgehead atoms. The number of hydrogen-bond donors (Lipinski definition) is 3. The van der Waals surface area contributed by atoms with E-state index in [1.807, 2.05) is 9.80 Å². The first-order chi connectivity index (χ1) is 21.7. The molecule has 15 nitrogen and oxygen atoms in total. The Bertz CT molecular complexity index is 863.